The first-order valence-electron chi connectivity index (χ1n) is 5.13. The number of thiazole rings is 1. The summed E-state index contributed by atoms with van der Waals surface area (Å²) < 4.78 is 10.4. The van der Waals surface area contributed by atoms with Crippen LogP contribution in [0.4, 0.5) is 0 Å². The molecule has 0 fully saturated rings. The van der Waals surface area contributed by atoms with Crippen molar-refractivity contribution in [3.05, 3.63) is 40.3 Å². The van der Waals surface area contributed by atoms with Crippen molar-refractivity contribution < 1.29 is 9.47 Å². The van der Waals surface area contributed by atoms with E-state index in [1.807, 2.05) is 35.7 Å². The summed E-state index contributed by atoms with van der Waals surface area (Å²) in [4.78, 5) is 4.18. The van der Waals surface area contributed by atoms with E-state index in [4.69, 9.17) is 9.47 Å². The molecule has 0 aliphatic rings. The highest BCUT2D eigenvalue weighted by molar-refractivity contribution is 7.10. The molecule has 0 spiro atoms. The molecule has 0 saturated heterocycles. The molecule has 0 aliphatic heterocycles. The predicted octanol–water partition coefficient (Wildman–Crippen LogP) is 3.33. The molecule has 1 heterocycles. The molecule has 0 atom stereocenters. The van der Waals surface area contributed by atoms with Gasteiger partial charge in [0.25, 0.3) is 0 Å². The first-order chi connectivity index (χ1) is 8.33. The first-order valence-corrected chi connectivity index (χ1v) is 6.01. The van der Waals surface area contributed by atoms with Gasteiger partial charge >= 0.3 is 0 Å². The number of nitrogens with zero attached hydrogens (tertiary/aromatic N) is 1. The molecule has 1 aromatic carbocycles. The van der Waals surface area contributed by atoms with E-state index in [9.17, 15) is 0 Å². The van der Waals surface area contributed by atoms with Crippen molar-refractivity contribution in [3.63, 3.8) is 0 Å². The fourth-order valence-electron chi connectivity index (χ4n) is 1.44. The summed E-state index contributed by atoms with van der Waals surface area (Å²) in [6.45, 7) is 0. The minimum Gasteiger partial charge on any atom is -0.493 e. The summed E-state index contributed by atoms with van der Waals surface area (Å²) in [6, 6.07) is 5.80. The Labute approximate surface area is 104 Å². The summed E-state index contributed by atoms with van der Waals surface area (Å²) in [6.07, 6.45) is 5.77. The van der Waals surface area contributed by atoms with Gasteiger partial charge in [0.2, 0.25) is 0 Å². The van der Waals surface area contributed by atoms with Crippen molar-refractivity contribution in [1.29, 1.82) is 0 Å². The van der Waals surface area contributed by atoms with E-state index in [-0.39, 0.29) is 0 Å². The Hall–Kier alpha value is -1.81. The van der Waals surface area contributed by atoms with Gasteiger partial charge in [-0.15, -0.1) is 11.3 Å². The maximum absolute atomic E-state index is 5.24. The van der Waals surface area contributed by atoms with Crippen molar-refractivity contribution in [2.75, 3.05) is 14.2 Å². The molecule has 2 aromatic rings. The maximum atomic E-state index is 5.24. The van der Waals surface area contributed by atoms with Gasteiger partial charge in [0.1, 0.15) is 5.01 Å². The second-order valence-electron chi connectivity index (χ2n) is 3.32. The molecule has 0 aliphatic carbocycles. The summed E-state index contributed by atoms with van der Waals surface area (Å²) in [5.41, 5.74) is 1.05. The largest absolute Gasteiger partial charge is 0.493 e. The van der Waals surface area contributed by atoms with Crippen molar-refractivity contribution >= 4 is 23.5 Å². The Kier molecular flexibility index (Phi) is 3.77. The second kappa shape index (κ2) is 5.50. The van der Waals surface area contributed by atoms with Crippen LogP contribution >= 0.6 is 11.3 Å². The maximum Gasteiger partial charge on any atom is 0.161 e. The molecule has 0 unspecified atom stereocenters. The van der Waals surface area contributed by atoms with Crippen LogP contribution in [-0.2, 0) is 0 Å². The van der Waals surface area contributed by atoms with E-state index in [0.717, 1.165) is 22.1 Å². The molecule has 1 aromatic heterocycles. The molecule has 88 valence electrons. The average molecular weight is 247 g/mol. The monoisotopic (exact) mass is 247 g/mol. The van der Waals surface area contributed by atoms with E-state index in [1.54, 1.807) is 31.8 Å². The van der Waals surface area contributed by atoms with E-state index < -0.39 is 0 Å². The lowest BCUT2D eigenvalue weighted by atomic mass is 10.2. The second-order valence-corrected chi connectivity index (χ2v) is 4.24. The Bertz CT molecular complexity index is 506. The number of hydrogen-bond donors (Lipinski definition) is 0. The minimum absolute atomic E-state index is 0.730. The van der Waals surface area contributed by atoms with Crippen molar-refractivity contribution in [3.8, 4) is 11.5 Å². The number of ether oxygens (including phenoxy) is 2. The van der Waals surface area contributed by atoms with Crippen LogP contribution in [-0.4, -0.2) is 19.2 Å². The molecule has 3 nitrogen and oxygen atoms in total. The number of benzene rings is 1. The topological polar surface area (TPSA) is 31.4 Å². The molecular weight excluding hydrogens is 234 g/mol. The highest BCUT2D eigenvalue weighted by atomic mass is 32.1. The molecule has 2 rings (SSSR count). The molecule has 4 heteroatoms. The number of rotatable bonds is 4. The fraction of sp³-hybridized carbons (Fsp3) is 0.154. The van der Waals surface area contributed by atoms with Gasteiger partial charge in [0.05, 0.1) is 14.2 Å². The number of aromatic nitrogens is 1. The highest BCUT2D eigenvalue weighted by Gasteiger charge is 2.02. The average Bonchev–Trinajstić information content (AvgIpc) is 2.89. The van der Waals surface area contributed by atoms with Crippen molar-refractivity contribution in [1.82, 2.24) is 4.98 Å². The predicted molar refractivity (Wildman–Crippen MR) is 70.6 cm³/mol. The molecule has 17 heavy (non-hydrogen) atoms. The van der Waals surface area contributed by atoms with Crippen LogP contribution in [0.1, 0.15) is 10.6 Å². The van der Waals surface area contributed by atoms with Gasteiger partial charge in [0.15, 0.2) is 11.5 Å². The lowest BCUT2D eigenvalue weighted by Crippen LogP contribution is -1.90. The summed E-state index contributed by atoms with van der Waals surface area (Å²) in [5, 5.41) is 2.94. The van der Waals surface area contributed by atoms with E-state index in [1.165, 1.54) is 0 Å². The number of methoxy groups -OCH3 is 2. The van der Waals surface area contributed by atoms with Crippen molar-refractivity contribution in [2.24, 2.45) is 0 Å². The van der Waals surface area contributed by atoms with Gasteiger partial charge in [-0.25, -0.2) is 4.98 Å². The molecule has 0 radical (unpaired) electrons. The van der Waals surface area contributed by atoms with Crippen LogP contribution in [0.15, 0.2) is 29.8 Å². The molecule has 0 saturated carbocycles. The van der Waals surface area contributed by atoms with Crippen molar-refractivity contribution in [2.45, 2.75) is 0 Å². The minimum atomic E-state index is 0.730. The highest BCUT2D eigenvalue weighted by Crippen LogP contribution is 2.28. The van der Waals surface area contributed by atoms with E-state index >= 15 is 0 Å². The quantitative estimate of drug-likeness (QED) is 0.830. The first kappa shape index (κ1) is 11.7. The van der Waals surface area contributed by atoms with Gasteiger partial charge < -0.3 is 9.47 Å². The van der Waals surface area contributed by atoms with Crippen LogP contribution in [0.3, 0.4) is 0 Å². The zero-order chi connectivity index (χ0) is 12.1. The zero-order valence-electron chi connectivity index (χ0n) is 9.71. The zero-order valence-corrected chi connectivity index (χ0v) is 10.5. The lowest BCUT2D eigenvalue weighted by molar-refractivity contribution is 0.355. The Morgan fingerprint density at radius 3 is 2.59 bits per heavy atom. The number of hydrogen-bond acceptors (Lipinski definition) is 4. The SMILES string of the molecule is COc1ccc(C=Cc2nccs2)cc1OC. The summed E-state index contributed by atoms with van der Waals surface area (Å²) >= 11 is 1.61. The third-order valence-corrected chi connectivity index (χ3v) is 3.02. The third-order valence-electron chi connectivity index (χ3n) is 2.28. The Morgan fingerprint density at radius 2 is 1.94 bits per heavy atom. The third kappa shape index (κ3) is 2.85. The van der Waals surface area contributed by atoms with Crippen LogP contribution in [0.5, 0.6) is 11.5 Å². The van der Waals surface area contributed by atoms with Crippen LogP contribution in [0, 0.1) is 0 Å². The van der Waals surface area contributed by atoms with Gasteiger partial charge in [0, 0.05) is 11.6 Å². The van der Waals surface area contributed by atoms with E-state index in [2.05, 4.69) is 4.98 Å². The Morgan fingerprint density at radius 1 is 1.12 bits per heavy atom. The fourth-order valence-corrected chi connectivity index (χ4v) is 1.97. The lowest BCUT2D eigenvalue weighted by Gasteiger charge is -2.07. The van der Waals surface area contributed by atoms with Crippen LogP contribution in [0.25, 0.3) is 12.2 Å². The summed E-state index contributed by atoms with van der Waals surface area (Å²) in [5.74, 6) is 1.47. The van der Waals surface area contributed by atoms with Gasteiger partial charge in [-0.1, -0.05) is 12.1 Å². The van der Waals surface area contributed by atoms with Crippen LogP contribution < -0.4 is 9.47 Å². The summed E-state index contributed by atoms with van der Waals surface area (Å²) in [7, 11) is 3.26. The Balaban J connectivity index is 2.22. The molecule has 0 bridgehead atoms. The van der Waals surface area contributed by atoms with Gasteiger partial charge in [-0.2, -0.15) is 0 Å². The smallest absolute Gasteiger partial charge is 0.161 e. The standard InChI is InChI=1S/C13H13NO2S/c1-15-11-5-3-10(9-12(11)16-2)4-6-13-14-7-8-17-13/h3-9H,1-2H3. The van der Waals surface area contributed by atoms with E-state index in [0.29, 0.717) is 0 Å². The molecule has 0 amide bonds. The normalized spacial score (nSPS) is 10.7. The van der Waals surface area contributed by atoms with Gasteiger partial charge in [-0.3, -0.25) is 0 Å². The van der Waals surface area contributed by atoms with Crippen LogP contribution in [0.2, 0.25) is 0 Å². The van der Waals surface area contributed by atoms with Gasteiger partial charge in [-0.05, 0) is 23.8 Å². The molecular formula is C13H13NO2S. The molecule has 0 N–H and O–H groups in total.